The number of para-hydroxylation sites is 3. The van der Waals surface area contributed by atoms with E-state index in [-0.39, 0.29) is 16.2 Å². The molecule has 0 saturated carbocycles. The first-order valence-corrected chi connectivity index (χ1v) is 48.8. The van der Waals surface area contributed by atoms with Gasteiger partial charge in [0.05, 0.1) is 38.8 Å². The number of aromatic nitrogens is 3. The first kappa shape index (κ1) is 77.5. The van der Waals surface area contributed by atoms with Crippen molar-refractivity contribution in [1.82, 2.24) is 13.7 Å². The average Bonchev–Trinajstić information content (AvgIpc) is 1.54. The molecular weight excluding hydrogens is 1660 g/mol. The third kappa shape index (κ3) is 10.5. The molecule has 0 radical (unpaired) electrons. The van der Waals surface area contributed by atoms with Crippen LogP contribution in [0, 0.1) is 0 Å². The number of hydrogen-bond donors (Lipinski definition) is 0. The zero-order chi connectivity index (χ0) is 91.2. The lowest BCUT2D eigenvalue weighted by Gasteiger charge is -2.23. The van der Waals surface area contributed by atoms with Crippen LogP contribution in [0.3, 0.4) is 0 Å². The quantitative estimate of drug-likeness (QED) is 0.163. The molecule has 0 N–H and O–H groups in total. The van der Waals surface area contributed by atoms with Gasteiger partial charge in [-0.25, -0.2) is 0 Å². The molecule has 6 aliphatic carbocycles. The maximum Gasteiger partial charge on any atom is 0.0544 e. The van der Waals surface area contributed by atoms with Crippen LogP contribution in [0.15, 0.2) is 431 Å². The Morgan fingerprint density at radius 2 is 0.442 bits per heavy atom. The van der Waals surface area contributed by atoms with E-state index in [1.807, 2.05) is 0 Å². The number of fused-ring (bicyclic) bond motifs is 33. The summed E-state index contributed by atoms with van der Waals surface area (Å²) in [6, 6.07) is 161. The summed E-state index contributed by atoms with van der Waals surface area (Å²) in [5.41, 5.74) is 48.6. The number of nitrogens with zero attached hydrogens (tertiary/aromatic N) is 3. The third-order valence-corrected chi connectivity index (χ3v) is 32.7. The molecule has 0 fully saturated rings. The summed E-state index contributed by atoms with van der Waals surface area (Å²) in [5, 5.41) is 23.8. The van der Waals surface area contributed by atoms with Crippen molar-refractivity contribution in [2.24, 2.45) is 0 Å². The fourth-order valence-electron chi connectivity index (χ4n) is 26.7. The van der Waals surface area contributed by atoms with Gasteiger partial charge in [0.15, 0.2) is 0 Å². The Balaban J connectivity index is 0.0000000981. The van der Waals surface area contributed by atoms with Crippen LogP contribution in [0.25, 0.3) is 270 Å². The molecule has 3 heterocycles. The molecule has 0 amide bonds. The van der Waals surface area contributed by atoms with Gasteiger partial charge in [0.25, 0.3) is 0 Å². The van der Waals surface area contributed by atoms with Gasteiger partial charge in [-0.1, -0.05) is 387 Å². The minimum Gasteiger partial charge on any atom is -0.309 e. The molecule has 0 spiro atoms. The summed E-state index contributed by atoms with van der Waals surface area (Å²) in [5.74, 6) is 0. The third-order valence-electron chi connectivity index (χ3n) is 32.7. The summed E-state index contributed by atoms with van der Waals surface area (Å²) in [4.78, 5) is 0. The van der Waals surface area contributed by atoms with Crippen molar-refractivity contribution < 1.29 is 0 Å². The highest BCUT2D eigenvalue weighted by atomic mass is 15.0. The Kier molecular flexibility index (Phi) is 15.8. The second-order valence-electron chi connectivity index (χ2n) is 40.7. The van der Waals surface area contributed by atoms with Gasteiger partial charge in [0.1, 0.15) is 0 Å². The molecule has 3 nitrogen and oxygen atoms in total. The minimum absolute atomic E-state index is 0.106. The van der Waals surface area contributed by atoms with Crippen LogP contribution < -0.4 is 0 Å². The van der Waals surface area contributed by atoms with E-state index in [0.29, 0.717) is 0 Å². The summed E-state index contributed by atoms with van der Waals surface area (Å²) in [6.45, 7) is 14.4. The van der Waals surface area contributed by atoms with Crippen molar-refractivity contribution in [3.05, 3.63) is 464 Å². The molecule has 26 aromatic rings. The standard InChI is InChI=1S/2C47H31N.C41H27N/c1-47(2)42-27-44-41(26-40(42)39-22-21-28-11-3-4-14-32(28)46(39)47)35-17-7-8-20-43(35)48(44)30-13-9-12-29(25-30)31-23-24-38-34-16-6-5-15-33(34)37-19-10-18-36(31)45(37)38;1-47(2)42-27-44-41(26-40(42)39-23-20-28-10-3-4-11-32(28)46(39)47)35-14-7-8-17-43(35)48(44)30-21-18-29(19-22-30)31-24-25-38-34-13-6-5-12-33(34)37-16-9-15-36(31)45(37)38;1-41(2)35-23-38-34(22-33(35)31-19-18-24-10-3-4-11-25(24)40(31)41)28-14-7-8-17-36(28)42(38)37-21-20-30-27-13-6-5-12-26(27)29-15-9-16-32(37)39(29)30/h2*3-27H,1-2H3;3-23H,1-2H3. The van der Waals surface area contributed by atoms with Crippen molar-refractivity contribution in [2.45, 2.75) is 57.8 Å². The summed E-state index contributed by atoms with van der Waals surface area (Å²) in [7, 11) is 0. The molecule has 23 aromatic carbocycles. The molecule has 0 atom stereocenters. The van der Waals surface area contributed by atoms with E-state index in [2.05, 4.69) is 486 Å². The maximum atomic E-state index is 2.52. The molecule has 0 saturated heterocycles. The van der Waals surface area contributed by atoms with Crippen molar-refractivity contribution in [3.63, 3.8) is 0 Å². The number of rotatable bonds is 5. The largest absolute Gasteiger partial charge is 0.309 e. The maximum absolute atomic E-state index is 2.52. The predicted molar refractivity (Wildman–Crippen MR) is 584 cm³/mol. The van der Waals surface area contributed by atoms with Gasteiger partial charge >= 0.3 is 0 Å². The molecule has 138 heavy (non-hydrogen) atoms. The van der Waals surface area contributed by atoms with E-state index in [9.17, 15) is 0 Å². The normalized spacial score (nSPS) is 13.9. The molecule has 0 unspecified atom stereocenters. The van der Waals surface area contributed by atoms with Crippen LogP contribution >= 0.6 is 0 Å². The Bertz CT molecular complexity index is 9910. The van der Waals surface area contributed by atoms with Gasteiger partial charge in [0, 0.05) is 65.3 Å². The fraction of sp³-hybridized carbons (Fsp3) is 0.0667. The van der Waals surface area contributed by atoms with E-state index in [1.165, 1.54) is 303 Å². The highest BCUT2D eigenvalue weighted by Crippen LogP contribution is 2.60. The highest BCUT2D eigenvalue weighted by Gasteiger charge is 2.42. The molecule has 3 heteroatoms. The zero-order valence-corrected chi connectivity index (χ0v) is 77.3. The van der Waals surface area contributed by atoms with Crippen LogP contribution in [0.5, 0.6) is 0 Å². The van der Waals surface area contributed by atoms with Gasteiger partial charge in [-0.3, -0.25) is 0 Å². The number of hydrogen-bond acceptors (Lipinski definition) is 0. The fourth-order valence-corrected chi connectivity index (χ4v) is 26.7. The zero-order valence-electron chi connectivity index (χ0n) is 77.3. The van der Waals surface area contributed by atoms with Gasteiger partial charge in [-0.15, -0.1) is 0 Å². The smallest absolute Gasteiger partial charge is 0.0544 e. The van der Waals surface area contributed by atoms with E-state index < -0.39 is 0 Å². The lowest BCUT2D eigenvalue weighted by molar-refractivity contribution is 0.666. The SMILES string of the molecule is CC1(C)c2cc3c(cc2-c2ccc4ccccc4c21)c1ccccc1n3-c1ccc(-c2ccc3c4c(cccc24)-c2ccccc2-3)cc1.CC1(C)c2cc3c(cc2-c2ccc4ccccc4c21)c1ccccc1n3-c1ccc2c3c(cccc13)-c1ccccc1-2.CC1(C)c2cc3c(cc2-c2ccc4ccccc4c21)c1ccccc1n3-c1cccc(-c2ccc3c4c(cccc24)-c2ccccc2-3)c1. The Labute approximate surface area is 799 Å². The van der Waals surface area contributed by atoms with Crippen molar-refractivity contribution in [1.29, 1.82) is 0 Å². The van der Waals surface area contributed by atoms with Crippen molar-refractivity contribution in [3.8, 4) is 139 Å². The van der Waals surface area contributed by atoms with Gasteiger partial charge in [-0.2, -0.15) is 0 Å². The topological polar surface area (TPSA) is 14.8 Å². The Morgan fingerprint density at radius 3 is 0.855 bits per heavy atom. The van der Waals surface area contributed by atoms with Crippen LogP contribution in [-0.2, 0) is 16.2 Å². The van der Waals surface area contributed by atoms with Crippen LogP contribution in [0.4, 0.5) is 0 Å². The Morgan fingerprint density at radius 1 is 0.152 bits per heavy atom. The van der Waals surface area contributed by atoms with Gasteiger partial charge in [-0.05, 0) is 300 Å². The van der Waals surface area contributed by atoms with E-state index in [1.54, 1.807) is 0 Å². The molecule has 6 aliphatic rings. The monoisotopic (exact) mass is 1750 g/mol. The average molecular weight is 1750 g/mol. The summed E-state index contributed by atoms with van der Waals surface area (Å²) >= 11 is 0. The van der Waals surface area contributed by atoms with Gasteiger partial charge < -0.3 is 13.7 Å². The van der Waals surface area contributed by atoms with Crippen LogP contribution in [0.2, 0.25) is 0 Å². The Hall–Kier alpha value is -17.0. The van der Waals surface area contributed by atoms with E-state index >= 15 is 0 Å². The number of benzene rings is 23. The predicted octanol–water partition coefficient (Wildman–Crippen LogP) is 36.5. The summed E-state index contributed by atoms with van der Waals surface area (Å²) < 4.78 is 7.48. The van der Waals surface area contributed by atoms with E-state index in [0.717, 1.165) is 0 Å². The lowest BCUT2D eigenvalue weighted by atomic mass is 9.80. The van der Waals surface area contributed by atoms with Gasteiger partial charge in [0.2, 0.25) is 0 Å². The van der Waals surface area contributed by atoms with Crippen molar-refractivity contribution >= 4 is 130 Å². The molecule has 0 bridgehead atoms. The second-order valence-corrected chi connectivity index (χ2v) is 40.7. The minimum atomic E-state index is -0.120. The second kappa shape index (κ2) is 28.1. The first-order chi connectivity index (χ1) is 67.8. The molecule has 32 rings (SSSR count). The highest BCUT2D eigenvalue weighted by molar-refractivity contribution is 6.24. The first-order valence-electron chi connectivity index (χ1n) is 48.8. The molecular formula is C135H89N3. The van der Waals surface area contributed by atoms with Crippen LogP contribution in [-0.4, -0.2) is 13.7 Å². The van der Waals surface area contributed by atoms with E-state index in [4.69, 9.17) is 0 Å². The molecule has 3 aromatic heterocycles. The lowest BCUT2D eigenvalue weighted by Crippen LogP contribution is -2.15. The molecule has 644 valence electrons. The van der Waals surface area contributed by atoms with Crippen molar-refractivity contribution in [2.75, 3.05) is 0 Å². The molecule has 0 aliphatic heterocycles. The van der Waals surface area contributed by atoms with Crippen LogP contribution in [0.1, 0.15) is 74.9 Å². The summed E-state index contributed by atoms with van der Waals surface area (Å²) in [6.07, 6.45) is 0.